The molecule has 0 unspecified atom stereocenters. The third-order valence-corrected chi connectivity index (χ3v) is 2.86. The zero-order valence-corrected chi connectivity index (χ0v) is 10.8. The van der Waals surface area contributed by atoms with Crippen LogP contribution in [-0.2, 0) is 0 Å². The lowest BCUT2D eigenvalue weighted by molar-refractivity contribution is 0.0698. The van der Waals surface area contributed by atoms with Crippen LogP contribution >= 0.6 is 0 Å². The number of carboxylic acid groups (broad SMARTS) is 1. The van der Waals surface area contributed by atoms with Crippen molar-refractivity contribution in [3.63, 3.8) is 0 Å². The van der Waals surface area contributed by atoms with E-state index in [4.69, 9.17) is 21.4 Å². The number of carbonyl (C=O) groups is 1. The number of nitrogens with zero attached hydrogens (tertiary/aromatic N) is 2. The van der Waals surface area contributed by atoms with Crippen molar-refractivity contribution in [2.75, 3.05) is 11.1 Å². The fourth-order valence-corrected chi connectivity index (χ4v) is 1.84. The van der Waals surface area contributed by atoms with Crippen LogP contribution in [0.3, 0.4) is 0 Å². The first kappa shape index (κ1) is 13.9. The Balaban J connectivity index is 2.47. The number of nitrogens with one attached hydrogen (secondary N) is 1. The van der Waals surface area contributed by atoms with E-state index in [2.05, 4.69) is 5.32 Å². The second-order valence-electron chi connectivity index (χ2n) is 4.18. The topological polar surface area (TPSA) is 123 Å². The van der Waals surface area contributed by atoms with E-state index in [1.54, 1.807) is 18.2 Å². The summed E-state index contributed by atoms with van der Waals surface area (Å²) >= 11 is 0. The normalized spacial score (nSPS) is 9.43. The maximum atomic E-state index is 11.2. The summed E-state index contributed by atoms with van der Waals surface area (Å²) in [6, 6.07) is 12.9. The number of aromatic carboxylic acids is 1. The van der Waals surface area contributed by atoms with E-state index in [0.717, 1.165) is 0 Å². The number of nitrogen functional groups attached to an aromatic ring is 1. The zero-order chi connectivity index (χ0) is 15.4. The zero-order valence-electron chi connectivity index (χ0n) is 10.8. The quantitative estimate of drug-likeness (QED) is 0.741. The van der Waals surface area contributed by atoms with Crippen LogP contribution in [0.4, 0.5) is 17.1 Å². The van der Waals surface area contributed by atoms with E-state index in [1.807, 2.05) is 12.1 Å². The molecule has 0 spiro atoms. The molecule has 0 fully saturated rings. The molecular formula is C15H10N4O2. The molecule has 2 rings (SSSR count). The van der Waals surface area contributed by atoms with E-state index < -0.39 is 5.97 Å². The van der Waals surface area contributed by atoms with Crippen LogP contribution in [0.15, 0.2) is 36.4 Å². The Labute approximate surface area is 120 Å². The molecule has 102 valence electrons. The molecule has 0 radical (unpaired) electrons. The molecule has 0 aliphatic rings. The molecule has 0 saturated heterocycles. The molecule has 0 bridgehead atoms. The van der Waals surface area contributed by atoms with Crippen molar-refractivity contribution < 1.29 is 9.90 Å². The molecule has 0 amide bonds. The summed E-state index contributed by atoms with van der Waals surface area (Å²) in [5, 5.41) is 29.9. The van der Waals surface area contributed by atoms with Crippen LogP contribution < -0.4 is 11.1 Å². The number of nitriles is 2. The van der Waals surface area contributed by atoms with Gasteiger partial charge in [0, 0.05) is 5.69 Å². The Bertz CT molecular complexity index is 800. The molecule has 4 N–H and O–H groups in total. The predicted octanol–water partition coefficient (Wildman–Crippen LogP) is 2.45. The number of hydrogen-bond acceptors (Lipinski definition) is 5. The van der Waals surface area contributed by atoms with Gasteiger partial charge in [-0.3, -0.25) is 0 Å². The van der Waals surface area contributed by atoms with Gasteiger partial charge < -0.3 is 16.2 Å². The summed E-state index contributed by atoms with van der Waals surface area (Å²) in [5.74, 6) is -1.11. The van der Waals surface area contributed by atoms with Crippen molar-refractivity contribution in [2.45, 2.75) is 0 Å². The first-order valence-electron chi connectivity index (χ1n) is 5.90. The highest BCUT2D eigenvalue weighted by molar-refractivity contribution is 5.98. The predicted molar refractivity (Wildman–Crippen MR) is 77.0 cm³/mol. The van der Waals surface area contributed by atoms with Crippen LogP contribution in [0.1, 0.15) is 21.5 Å². The van der Waals surface area contributed by atoms with Crippen molar-refractivity contribution in [1.29, 1.82) is 10.5 Å². The van der Waals surface area contributed by atoms with Gasteiger partial charge in [0.25, 0.3) is 0 Å². The molecule has 0 aromatic heterocycles. The van der Waals surface area contributed by atoms with Crippen molar-refractivity contribution in [2.24, 2.45) is 0 Å². The van der Waals surface area contributed by atoms with Gasteiger partial charge in [-0.05, 0) is 30.3 Å². The van der Waals surface area contributed by atoms with Crippen molar-refractivity contribution in [3.05, 3.63) is 53.1 Å². The van der Waals surface area contributed by atoms with E-state index in [-0.39, 0.29) is 28.1 Å². The standard InChI is InChI=1S/C15H10N4O2/c16-7-9-4-5-11(6-10(9)8-17)19-14-12(15(20)21)2-1-3-13(14)18/h1-6,19H,18H2,(H,20,21). The van der Waals surface area contributed by atoms with Crippen LogP contribution in [0.2, 0.25) is 0 Å². The first-order chi connectivity index (χ1) is 10.1. The number of carboxylic acids is 1. The van der Waals surface area contributed by atoms with Gasteiger partial charge in [-0.15, -0.1) is 0 Å². The summed E-state index contributed by atoms with van der Waals surface area (Å²) in [5.41, 5.74) is 7.27. The highest BCUT2D eigenvalue weighted by atomic mass is 16.4. The molecule has 6 heteroatoms. The fraction of sp³-hybridized carbons (Fsp3) is 0. The summed E-state index contributed by atoms with van der Waals surface area (Å²) < 4.78 is 0. The average Bonchev–Trinajstić information content (AvgIpc) is 2.48. The highest BCUT2D eigenvalue weighted by Crippen LogP contribution is 2.28. The van der Waals surface area contributed by atoms with Crippen molar-refractivity contribution in [3.8, 4) is 12.1 Å². The second-order valence-corrected chi connectivity index (χ2v) is 4.18. The Kier molecular flexibility index (Phi) is 3.74. The SMILES string of the molecule is N#Cc1ccc(Nc2c(N)cccc2C(=O)O)cc1C#N. The van der Waals surface area contributed by atoms with E-state index in [1.165, 1.54) is 18.2 Å². The summed E-state index contributed by atoms with van der Waals surface area (Å²) in [6.45, 7) is 0. The minimum absolute atomic E-state index is 0.0258. The lowest BCUT2D eigenvalue weighted by atomic mass is 10.1. The van der Waals surface area contributed by atoms with E-state index >= 15 is 0 Å². The molecule has 2 aromatic rings. The fourth-order valence-electron chi connectivity index (χ4n) is 1.84. The van der Waals surface area contributed by atoms with Gasteiger partial charge >= 0.3 is 5.97 Å². The molecule has 0 saturated carbocycles. The van der Waals surface area contributed by atoms with Crippen LogP contribution in [0, 0.1) is 22.7 Å². The van der Waals surface area contributed by atoms with E-state index in [0.29, 0.717) is 5.69 Å². The largest absolute Gasteiger partial charge is 0.478 e. The Morgan fingerprint density at radius 2 is 1.86 bits per heavy atom. The Morgan fingerprint density at radius 3 is 2.48 bits per heavy atom. The minimum Gasteiger partial charge on any atom is -0.478 e. The monoisotopic (exact) mass is 278 g/mol. The first-order valence-corrected chi connectivity index (χ1v) is 5.90. The van der Waals surface area contributed by atoms with Crippen LogP contribution in [-0.4, -0.2) is 11.1 Å². The molecule has 0 heterocycles. The van der Waals surface area contributed by atoms with Gasteiger partial charge in [-0.1, -0.05) is 6.07 Å². The smallest absolute Gasteiger partial charge is 0.337 e. The number of rotatable bonds is 3. The highest BCUT2D eigenvalue weighted by Gasteiger charge is 2.13. The summed E-state index contributed by atoms with van der Waals surface area (Å²) in [6.07, 6.45) is 0. The molecular weight excluding hydrogens is 268 g/mol. The van der Waals surface area contributed by atoms with Crippen molar-refractivity contribution >= 4 is 23.0 Å². The maximum absolute atomic E-state index is 11.2. The average molecular weight is 278 g/mol. The van der Waals surface area contributed by atoms with Gasteiger partial charge in [-0.2, -0.15) is 10.5 Å². The second kappa shape index (κ2) is 5.64. The number of nitrogens with two attached hydrogens (primary N) is 1. The van der Waals surface area contributed by atoms with Crippen molar-refractivity contribution in [1.82, 2.24) is 0 Å². The molecule has 0 aliphatic heterocycles. The van der Waals surface area contributed by atoms with Gasteiger partial charge in [0.15, 0.2) is 0 Å². The van der Waals surface area contributed by atoms with Gasteiger partial charge in [0.05, 0.1) is 28.1 Å². The summed E-state index contributed by atoms with van der Waals surface area (Å²) in [4.78, 5) is 11.2. The molecule has 6 nitrogen and oxygen atoms in total. The van der Waals surface area contributed by atoms with E-state index in [9.17, 15) is 4.79 Å². The third-order valence-electron chi connectivity index (χ3n) is 2.86. The lowest BCUT2D eigenvalue weighted by Crippen LogP contribution is -2.05. The Hall–Kier alpha value is -3.51. The molecule has 0 aliphatic carbocycles. The molecule has 2 aromatic carbocycles. The number of para-hydroxylation sites is 1. The number of hydrogen-bond donors (Lipinski definition) is 3. The number of benzene rings is 2. The van der Waals surface area contributed by atoms with Crippen LogP contribution in [0.5, 0.6) is 0 Å². The van der Waals surface area contributed by atoms with Gasteiger partial charge in [0.2, 0.25) is 0 Å². The minimum atomic E-state index is -1.11. The number of anilines is 3. The van der Waals surface area contributed by atoms with Crippen LogP contribution in [0.25, 0.3) is 0 Å². The van der Waals surface area contributed by atoms with Gasteiger partial charge in [-0.25, -0.2) is 4.79 Å². The summed E-state index contributed by atoms with van der Waals surface area (Å²) in [7, 11) is 0. The lowest BCUT2D eigenvalue weighted by Gasteiger charge is -2.12. The molecule has 21 heavy (non-hydrogen) atoms. The molecule has 0 atom stereocenters. The maximum Gasteiger partial charge on any atom is 0.337 e. The Morgan fingerprint density at radius 1 is 1.14 bits per heavy atom. The van der Waals surface area contributed by atoms with Gasteiger partial charge in [0.1, 0.15) is 12.1 Å². The third kappa shape index (κ3) is 2.75.